The third kappa shape index (κ3) is 5.04. The van der Waals surface area contributed by atoms with Gasteiger partial charge in [0.2, 0.25) is 0 Å². The van der Waals surface area contributed by atoms with Gasteiger partial charge in [-0.05, 0) is 24.4 Å². The molecule has 1 aromatic rings. The number of nitrogens with zero attached hydrogens (tertiary/aromatic N) is 2. The van der Waals surface area contributed by atoms with Crippen molar-refractivity contribution in [3.8, 4) is 0 Å². The van der Waals surface area contributed by atoms with Crippen LogP contribution in [0.5, 0.6) is 0 Å². The smallest absolute Gasteiger partial charge is 0.193 e. The Morgan fingerprint density at radius 3 is 2.50 bits per heavy atom. The van der Waals surface area contributed by atoms with Crippen LogP contribution >= 0.6 is 39.7 Å². The molecule has 0 bridgehead atoms. The quantitative estimate of drug-likeness (QED) is 0.356. The van der Waals surface area contributed by atoms with Crippen LogP contribution in [-0.4, -0.2) is 28.2 Å². The van der Waals surface area contributed by atoms with Crippen molar-refractivity contribution < 1.29 is 0 Å². The average Bonchev–Trinajstić information content (AvgIpc) is 2.36. The first-order valence-corrected chi connectivity index (χ1v) is 8.09. The van der Waals surface area contributed by atoms with Crippen LogP contribution < -0.4 is 5.32 Å². The average molecular weight is 377 g/mol. The van der Waals surface area contributed by atoms with Crippen LogP contribution in [0.3, 0.4) is 0 Å². The Bertz CT molecular complexity index is 511. The lowest BCUT2D eigenvalue weighted by atomic mass is 9.91. The number of thiocarbonyl (C=S) groups is 1. The van der Waals surface area contributed by atoms with Gasteiger partial charge in [0.1, 0.15) is 0 Å². The van der Waals surface area contributed by atoms with Crippen molar-refractivity contribution in [2.75, 3.05) is 17.7 Å². The third-order valence-corrected chi connectivity index (χ3v) is 3.90. The minimum atomic E-state index is -0.0161. The van der Waals surface area contributed by atoms with E-state index >= 15 is 0 Å². The highest BCUT2D eigenvalue weighted by Gasteiger charge is 2.19. The first-order chi connectivity index (χ1) is 9.25. The summed E-state index contributed by atoms with van der Waals surface area (Å²) in [7, 11) is 1.82. The molecule has 1 N–H and O–H groups in total. The van der Waals surface area contributed by atoms with E-state index in [1.165, 1.54) is 0 Å². The molecule has 0 aliphatic rings. The SMILES string of the molecule is CN(/N=C(\CBr)C(C)(C)C)C(=S)Nc1ccccc1Cl. The van der Waals surface area contributed by atoms with E-state index in [0.717, 1.165) is 11.4 Å². The zero-order valence-corrected chi connectivity index (χ0v) is 15.2. The molecule has 20 heavy (non-hydrogen) atoms. The number of hydrogen-bond donors (Lipinski definition) is 1. The molecule has 1 rings (SSSR count). The number of anilines is 1. The maximum atomic E-state index is 6.09. The van der Waals surface area contributed by atoms with Crippen molar-refractivity contribution in [3.63, 3.8) is 0 Å². The predicted molar refractivity (Wildman–Crippen MR) is 96.1 cm³/mol. The summed E-state index contributed by atoms with van der Waals surface area (Å²) in [6.45, 7) is 6.35. The number of para-hydroxylation sites is 1. The molecule has 1 aromatic carbocycles. The standard InChI is InChI=1S/C14H19BrClN3S/c1-14(2,3)12(9-15)18-19(4)13(20)17-11-8-6-5-7-10(11)16/h5-8H,9H2,1-4H3,(H,17,20)/b18-12+. The fourth-order valence-corrected chi connectivity index (χ4v) is 2.65. The number of rotatable bonds is 3. The molecule has 0 amide bonds. The monoisotopic (exact) mass is 375 g/mol. The van der Waals surface area contributed by atoms with E-state index in [1.54, 1.807) is 5.01 Å². The zero-order chi connectivity index (χ0) is 15.3. The number of alkyl halides is 1. The summed E-state index contributed by atoms with van der Waals surface area (Å²) in [6, 6.07) is 7.47. The normalized spacial score (nSPS) is 12.2. The lowest BCUT2D eigenvalue weighted by Gasteiger charge is -2.24. The summed E-state index contributed by atoms with van der Waals surface area (Å²) in [6.07, 6.45) is 0. The number of halogens is 2. The van der Waals surface area contributed by atoms with Crippen LogP contribution in [0.2, 0.25) is 5.02 Å². The van der Waals surface area contributed by atoms with Crippen molar-refractivity contribution in [1.29, 1.82) is 0 Å². The molecule has 0 heterocycles. The van der Waals surface area contributed by atoms with E-state index in [1.807, 2.05) is 31.3 Å². The van der Waals surface area contributed by atoms with Gasteiger partial charge in [-0.2, -0.15) is 5.10 Å². The largest absolute Gasteiger partial charge is 0.330 e. The topological polar surface area (TPSA) is 27.6 Å². The fraction of sp³-hybridized carbons (Fsp3) is 0.429. The predicted octanol–water partition coefficient (Wildman–Crippen LogP) is 4.77. The van der Waals surface area contributed by atoms with Gasteiger partial charge in [0, 0.05) is 17.8 Å². The fourth-order valence-electron chi connectivity index (χ4n) is 1.36. The summed E-state index contributed by atoms with van der Waals surface area (Å²) < 4.78 is 0. The van der Waals surface area contributed by atoms with Gasteiger partial charge < -0.3 is 5.32 Å². The van der Waals surface area contributed by atoms with Gasteiger partial charge in [-0.3, -0.25) is 0 Å². The molecule has 6 heteroatoms. The number of hydrogen-bond acceptors (Lipinski definition) is 2. The summed E-state index contributed by atoms with van der Waals surface area (Å²) >= 11 is 14.9. The molecule has 110 valence electrons. The molecule has 0 radical (unpaired) electrons. The van der Waals surface area contributed by atoms with E-state index in [9.17, 15) is 0 Å². The van der Waals surface area contributed by atoms with E-state index in [2.05, 4.69) is 47.1 Å². The van der Waals surface area contributed by atoms with Crippen LogP contribution in [0.15, 0.2) is 29.4 Å². The summed E-state index contributed by atoms with van der Waals surface area (Å²) in [4.78, 5) is 0. The van der Waals surface area contributed by atoms with Gasteiger partial charge in [0.25, 0.3) is 0 Å². The van der Waals surface area contributed by atoms with Crippen LogP contribution in [0, 0.1) is 5.41 Å². The van der Waals surface area contributed by atoms with Gasteiger partial charge >= 0.3 is 0 Å². The van der Waals surface area contributed by atoms with Crippen molar-refractivity contribution in [2.45, 2.75) is 20.8 Å². The molecule has 0 fully saturated rings. The molecule has 0 atom stereocenters. The molecule has 0 unspecified atom stereocenters. The first kappa shape index (κ1) is 17.4. The second-order valence-electron chi connectivity index (χ2n) is 5.36. The van der Waals surface area contributed by atoms with Crippen molar-refractivity contribution in [3.05, 3.63) is 29.3 Å². The Kier molecular flexibility index (Phi) is 6.43. The Labute approximate surface area is 139 Å². The van der Waals surface area contributed by atoms with E-state index < -0.39 is 0 Å². The Hall–Kier alpha value is -0.650. The highest BCUT2D eigenvalue weighted by atomic mass is 79.9. The minimum absolute atomic E-state index is 0.0161. The number of benzene rings is 1. The lowest BCUT2D eigenvalue weighted by Crippen LogP contribution is -2.31. The maximum absolute atomic E-state index is 6.09. The summed E-state index contributed by atoms with van der Waals surface area (Å²) in [5.41, 5.74) is 1.78. The molecule has 0 aliphatic heterocycles. The first-order valence-electron chi connectivity index (χ1n) is 6.19. The highest BCUT2D eigenvalue weighted by molar-refractivity contribution is 9.09. The molecule has 0 aliphatic carbocycles. The van der Waals surface area contributed by atoms with Gasteiger partial charge in [0.15, 0.2) is 5.11 Å². The summed E-state index contributed by atoms with van der Waals surface area (Å²) in [5, 5.41) is 11.1. The molecular weight excluding hydrogens is 358 g/mol. The van der Waals surface area contributed by atoms with Crippen molar-refractivity contribution >= 4 is 56.3 Å². The Balaban J connectivity index is 2.83. The Morgan fingerprint density at radius 2 is 2.00 bits per heavy atom. The van der Waals surface area contributed by atoms with Gasteiger partial charge in [-0.15, -0.1) is 0 Å². The van der Waals surface area contributed by atoms with E-state index in [4.69, 9.17) is 23.8 Å². The minimum Gasteiger partial charge on any atom is -0.330 e. The van der Waals surface area contributed by atoms with E-state index in [0.29, 0.717) is 15.5 Å². The number of nitrogens with one attached hydrogen (secondary N) is 1. The molecule has 0 aromatic heterocycles. The van der Waals surface area contributed by atoms with Gasteiger partial charge in [-0.25, -0.2) is 5.01 Å². The molecule has 0 saturated heterocycles. The molecular formula is C14H19BrClN3S. The molecule has 3 nitrogen and oxygen atoms in total. The number of hydrazone groups is 1. The summed E-state index contributed by atoms with van der Waals surface area (Å²) in [5.74, 6) is 0. The zero-order valence-electron chi connectivity index (χ0n) is 12.1. The molecule has 0 saturated carbocycles. The van der Waals surface area contributed by atoms with Crippen molar-refractivity contribution in [1.82, 2.24) is 5.01 Å². The van der Waals surface area contributed by atoms with E-state index in [-0.39, 0.29) is 5.41 Å². The van der Waals surface area contributed by atoms with Gasteiger partial charge in [0.05, 0.1) is 16.4 Å². The Morgan fingerprint density at radius 1 is 1.40 bits per heavy atom. The lowest BCUT2D eigenvalue weighted by molar-refractivity contribution is 0.515. The highest BCUT2D eigenvalue weighted by Crippen LogP contribution is 2.21. The molecule has 0 spiro atoms. The van der Waals surface area contributed by atoms with Crippen LogP contribution in [0.4, 0.5) is 5.69 Å². The van der Waals surface area contributed by atoms with Crippen LogP contribution in [0.1, 0.15) is 20.8 Å². The van der Waals surface area contributed by atoms with Crippen molar-refractivity contribution in [2.24, 2.45) is 10.5 Å². The van der Waals surface area contributed by atoms with Crippen LogP contribution in [-0.2, 0) is 0 Å². The second kappa shape index (κ2) is 7.38. The third-order valence-electron chi connectivity index (χ3n) is 2.67. The second-order valence-corrected chi connectivity index (χ2v) is 6.72. The van der Waals surface area contributed by atoms with Gasteiger partial charge in [-0.1, -0.05) is 60.4 Å². The van der Waals surface area contributed by atoms with Crippen LogP contribution in [0.25, 0.3) is 0 Å². The maximum Gasteiger partial charge on any atom is 0.193 e.